The molecule has 1 aliphatic rings. The Morgan fingerprint density at radius 3 is 2.73 bits per heavy atom. The highest BCUT2D eigenvalue weighted by Crippen LogP contribution is 2.27. The van der Waals surface area contributed by atoms with Crippen molar-refractivity contribution in [3.63, 3.8) is 0 Å². The first kappa shape index (κ1) is 14.8. The molecule has 3 rings (SSSR count). The minimum Gasteiger partial charge on any atom is -0.322 e. The van der Waals surface area contributed by atoms with Crippen molar-refractivity contribution in [1.82, 2.24) is 0 Å². The number of hydrogen-bond donors (Lipinski definition) is 1. The highest BCUT2D eigenvalue weighted by molar-refractivity contribution is 6.04. The molecular weight excluding hydrogens is 270 g/mol. The number of rotatable bonds is 4. The zero-order valence-corrected chi connectivity index (χ0v) is 13.4. The number of hydrogen-bond acceptors (Lipinski definition) is 1. The summed E-state index contributed by atoms with van der Waals surface area (Å²) >= 11 is 0. The summed E-state index contributed by atoms with van der Waals surface area (Å²) < 4.78 is 0. The molecule has 0 saturated carbocycles. The summed E-state index contributed by atoms with van der Waals surface area (Å²) in [5, 5.41) is 3.09. The molecule has 2 nitrogen and oxygen atoms in total. The van der Waals surface area contributed by atoms with Gasteiger partial charge in [-0.05, 0) is 66.5 Å². The molecule has 1 amide bonds. The molecule has 0 heterocycles. The van der Waals surface area contributed by atoms with Crippen molar-refractivity contribution in [3.8, 4) is 0 Å². The minimum atomic E-state index is -0.00884. The van der Waals surface area contributed by atoms with E-state index in [1.807, 2.05) is 24.3 Å². The average molecular weight is 293 g/mol. The molecule has 114 valence electrons. The summed E-state index contributed by atoms with van der Waals surface area (Å²) in [5.41, 5.74) is 5.64. The largest absolute Gasteiger partial charge is 0.322 e. The second-order valence-corrected chi connectivity index (χ2v) is 6.19. The highest BCUT2D eigenvalue weighted by Gasteiger charge is 2.15. The summed E-state index contributed by atoms with van der Waals surface area (Å²) in [6.45, 7) is 4.37. The van der Waals surface area contributed by atoms with Gasteiger partial charge in [0.2, 0.25) is 0 Å². The van der Waals surface area contributed by atoms with Gasteiger partial charge in [-0.3, -0.25) is 4.79 Å². The van der Waals surface area contributed by atoms with Gasteiger partial charge in [0.25, 0.3) is 5.91 Å². The molecule has 22 heavy (non-hydrogen) atoms. The molecular formula is C20H23NO. The van der Waals surface area contributed by atoms with Crippen molar-refractivity contribution < 1.29 is 4.79 Å². The average Bonchev–Trinajstić information content (AvgIpc) is 3.02. The topological polar surface area (TPSA) is 29.1 Å². The molecule has 2 aromatic rings. The quantitative estimate of drug-likeness (QED) is 0.849. The number of para-hydroxylation sites is 1. The Morgan fingerprint density at radius 2 is 1.91 bits per heavy atom. The number of carbonyl (C=O) groups excluding carboxylic acids is 1. The van der Waals surface area contributed by atoms with E-state index >= 15 is 0 Å². The van der Waals surface area contributed by atoms with Crippen LogP contribution < -0.4 is 5.32 Å². The van der Waals surface area contributed by atoms with Crippen LogP contribution in [-0.4, -0.2) is 5.91 Å². The third-order valence-electron chi connectivity index (χ3n) is 4.71. The maximum absolute atomic E-state index is 12.6. The van der Waals surface area contributed by atoms with Crippen molar-refractivity contribution >= 4 is 11.6 Å². The summed E-state index contributed by atoms with van der Waals surface area (Å²) in [6, 6.07) is 14.2. The second kappa shape index (κ2) is 6.35. The van der Waals surface area contributed by atoms with Crippen molar-refractivity contribution in [3.05, 3.63) is 64.7 Å². The van der Waals surface area contributed by atoms with E-state index in [2.05, 4.69) is 37.4 Å². The van der Waals surface area contributed by atoms with Crippen molar-refractivity contribution in [2.24, 2.45) is 0 Å². The minimum absolute atomic E-state index is 0.00884. The van der Waals surface area contributed by atoms with Gasteiger partial charge in [-0.2, -0.15) is 0 Å². The van der Waals surface area contributed by atoms with Crippen LogP contribution in [0.15, 0.2) is 42.5 Å². The normalized spacial score (nSPS) is 14.5. The first-order valence-corrected chi connectivity index (χ1v) is 8.21. The number of carbonyl (C=O) groups is 1. The molecule has 0 radical (unpaired) electrons. The zero-order chi connectivity index (χ0) is 15.5. The van der Waals surface area contributed by atoms with E-state index in [4.69, 9.17) is 0 Å². The van der Waals surface area contributed by atoms with Gasteiger partial charge in [0, 0.05) is 11.3 Å². The zero-order valence-electron chi connectivity index (χ0n) is 13.4. The summed E-state index contributed by atoms with van der Waals surface area (Å²) in [7, 11) is 0. The fourth-order valence-corrected chi connectivity index (χ4v) is 3.17. The molecule has 0 spiro atoms. The maximum Gasteiger partial charge on any atom is 0.255 e. The Balaban J connectivity index is 1.83. The van der Waals surface area contributed by atoms with Gasteiger partial charge in [-0.15, -0.1) is 0 Å². The maximum atomic E-state index is 12.6. The SMILES string of the molecule is CCC(C)c1ccccc1NC(=O)c1ccc2c(c1)CCC2. The van der Waals surface area contributed by atoms with Gasteiger partial charge in [0.15, 0.2) is 0 Å². The molecule has 1 unspecified atom stereocenters. The second-order valence-electron chi connectivity index (χ2n) is 6.19. The van der Waals surface area contributed by atoms with Gasteiger partial charge in [0.1, 0.15) is 0 Å². The van der Waals surface area contributed by atoms with Crippen molar-refractivity contribution in [2.75, 3.05) is 5.32 Å². The van der Waals surface area contributed by atoms with E-state index in [1.54, 1.807) is 0 Å². The number of nitrogens with one attached hydrogen (secondary N) is 1. The van der Waals surface area contributed by atoms with Crippen LogP contribution in [0.2, 0.25) is 0 Å². The monoisotopic (exact) mass is 293 g/mol. The van der Waals surface area contributed by atoms with E-state index < -0.39 is 0 Å². The Hall–Kier alpha value is -2.09. The number of aryl methyl sites for hydroxylation is 2. The molecule has 1 atom stereocenters. The lowest BCUT2D eigenvalue weighted by Gasteiger charge is -2.16. The predicted molar refractivity (Wildman–Crippen MR) is 91.6 cm³/mol. The van der Waals surface area contributed by atoms with E-state index in [-0.39, 0.29) is 5.91 Å². The summed E-state index contributed by atoms with van der Waals surface area (Å²) in [4.78, 5) is 12.6. The van der Waals surface area contributed by atoms with E-state index in [9.17, 15) is 4.79 Å². The number of amides is 1. The van der Waals surface area contributed by atoms with Crippen LogP contribution >= 0.6 is 0 Å². The molecule has 2 heteroatoms. The van der Waals surface area contributed by atoms with Crippen LogP contribution in [0.3, 0.4) is 0 Å². The van der Waals surface area contributed by atoms with Gasteiger partial charge in [0.05, 0.1) is 0 Å². The molecule has 2 aromatic carbocycles. The van der Waals surface area contributed by atoms with Crippen LogP contribution in [0, 0.1) is 0 Å². The third-order valence-corrected chi connectivity index (χ3v) is 4.71. The molecule has 0 aromatic heterocycles. The molecule has 0 fully saturated rings. The fourth-order valence-electron chi connectivity index (χ4n) is 3.17. The first-order chi connectivity index (χ1) is 10.7. The molecule has 1 N–H and O–H groups in total. The lowest BCUT2D eigenvalue weighted by molar-refractivity contribution is 0.102. The first-order valence-electron chi connectivity index (χ1n) is 8.21. The van der Waals surface area contributed by atoms with Gasteiger partial charge >= 0.3 is 0 Å². The lowest BCUT2D eigenvalue weighted by Crippen LogP contribution is -2.14. The Kier molecular flexibility index (Phi) is 4.28. The van der Waals surface area contributed by atoms with Crippen LogP contribution in [-0.2, 0) is 12.8 Å². The Bertz CT molecular complexity index is 690. The van der Waals surface area contributed by atoms with E-state index in [0.29, 0.717) is 5.92 Å². The number of benzene rings is 2. The smallest absolute Gasteiger partial charge is 0.255 e. The van der Waals surface area contributed by atoms with Gasteiger partial charge < -0.3 is 5.32 Å². The van der Waals surface area contributed by atoms with E-state index in [1.165, 1.54) is 23.1 Å². The molecule has 0 saturated heterocycles. The summed E-state index contributed by atoms with van der Waals surface area (Å²) in [6.07, 6.45) is 4.51. The molecule has 1 aliphatic carbocycles. The Morgan fingerprint density at radius 1 is 1.14 bits per heavy atom. The van der Waals surface area contributed by atoms with Crippen molar-refractivity contribution in [2.45, 2.75) is 45.4 Å². The summed E-state index contributed by atoms with van der Waals surface area (Å²) in [5.74, 6) is 0.432. The number of anilines is 1. The van der Waals surface area contributed by atoms with Crippen LogP contribution in [0.5, 0.6) is 0 Å². The third kappa shape index (κ3) is 2.92. The lowest BCUT2D eigenvalue weighted by atomic mass is 9.96. The molecule has 0 bridgehead atoms. The van der Waals surface area contributed by atoms with Crippen LogP contribution in [0.1, 0.15) is 59.7 Å². The standard InChI is InChI=1S/C20H23NO/c1-3-14(2)18-9-4-5-10-19(18)21-20(22)17-12-11-15-7-6-8-16(15)13-17/h4-5,9-14H,3,6-8H2,1-2H3,(H,21,22). The molecule has 0 aliphatic heterocycles. The fraction of sp³-hybridized carbons (Fsp3) is 0.350. The van der Waals surface area contributed by atoms with Gasteiger partial charge in [-0.25, -0.2) is 0 Å². The van der Waals surface area contributed by atoms with E-state index in [0.717, 1.165) is 30.5 Å². The van der Waals surface area contributed by atoms with Crippen LogP contribution in [0.4, 0.5) is 5.69 Å². The van der Waals surface area contributed by atoms with Crippen molar-refractivity contribution in [1.29, 1.82) is 0 Å². The highest BCUT2D eigenvalue weighted by atomic mass is 16.1. The number of fused-ring (bicyclic) bond motifs is 1. The van der Waals surface area contributed by atoms with Crippen LogP contribution in [0.25, 0.3) is 0 Å². The Labute approximate surface area is 132 Å². The predicted octanol–water partition coefficient (Wildman–Crippen LogP) is 4.94. The van der Waals surface area contributed by atoms with Gasteiger partial charge in [-0.1, -0.05) is 38.1 Å².